The third-order valence-corrected chi connectivity index (χ3v) is 3.97. The van der Waals surface area contributed by atoms with Gasteiger partial charge in [-0.25, -0.2) is 8.42 Å². The molecule has 0 heterocycles. The molecule has 0 unspecified atom stereocenters. The van der Waals surface area contributed by atoms with E-state index in [0.29, 0.717) is 12.8 Å². The number of carbonyl (C=O) groups excluding carboxylic acids is 1. The largest absolute Gasteiger partial charge is 0.416 e. The minimum atomic E-state index is -4.58. The second-order valence-electron chi connectivity index (χ2n) is 5.25. The molecule has 0 aliphatic heterocycles. The van der Waals surface area contributed by atoms with E-state index in [1.54, 1.807) is 0 Å². The second kappa shape index (κ2) is 5.79. The maximum Gasteiger partial charge on any atom is 0.416 e. The Balaban J connectivity index is 2.33. The molecule has 0 bridgehead atoms. The third-order valence-electron chi connectivity index (χ3n) is 3.38. The summed E-state index contributed by atoms with van der Waals surface area (Å²) < 4.78 is 62.9. The predicted octanol–water partition coefficient (Wildman–Crippen LogP) is 2.82. The van der Waals surface area contributed by atoms with Crippen molar-refractivity contribution in [3.05, 3.63) is 23.8 Å². The van der Waals surface area contributed by atoms with Gasteiger partial charge in [-0.05, 0) is 31.0 Å². The molecule has 9 heteroatoms. The maximum atomic E-state index is 12.8. The number of alkyl halides is 3. The summed E-state index contributed by atoms with van der Waals surface area (Å²) in [4.78, 5) is 11.9. The van der Waals surface area contributed by atoms with Crippen molar-refractivity contribution in [2.45, 2.75) is 25.4 Å². The number of carbonyl (C=O) groups is 1. The first kappa shape index (κ1) is 16.6. The Morgan fingerprint density at radius 3 is 2.32 bits per heavy atom. The van der Waals surface area contributed by atoms with E-state index < -0.39 is 27.7 Å². The zero-order chi connectivity index (χ0) is 16.5. The molecule has 0 aromatic heterocycles. The van der Waals surface area contributed by atoms with Crippen LogP contribution in [0.4, 0.5) is 24.5 Å². The lowest BCUT2D eigenvalue weighted by atomic mass is 9.85. The van der Waals surface area contributed by atoms with Crippen molar-refractivity contribution in [1.82, 2.24) is 0 Å². The van der Waals surface area contributed by atoms with E-state index in [1.807, 2.05) is 0 Å². The topological polar surface area (TPSA) is 75.3 Å². The number of rotatable bonds is 4. The first-order valence-electron chi connectivity index (χ1n) is 6.56. The SMILES string of the molecule is CS(=O)(=O)Nc1ccc(C(F)(F)F)cc1NC(=O)C1CCC1. The first-order valence-corrected chi connectivity index (χ1v) is 8.45. The van der Waals surface area contributed by atoms with Crippen molar-refractivity contribution < 1.29 is 26.4 Å². The van der Waals surface area contributed by atoms with Gasteiger partial charge in [0.25, 0.3) is 0 Å². The fraction of sp³-hybridized carbons (Fsp3) is 0.462. The average Bonchev–Trinajstić information content (AvgIpc) is 2.25. The third kappa shape index (κ3) is 4.12. The number of sulfonamides is 1. The summed E-state index contributed by atoms with van der Waals surface area (Å²) >= 11 is 0. The van der Waals surface area contributed by atoms with Gasteiger partial charge in [0, 0.05) is 5.92 Å². The lowest BCUT2D eigenvalue weighted by Crippen LogP contribution is -2.28. The highest BCUT2D eigenvalue weighted by atomic mass is 32.2. The van der Waals surface area contributed by atoms with Gasteiger partial charge in [0.05, 0.1) is 23.2 Å². The molecule has 122 valence electrons. The predicted molar refractivity (Wildman–Crippen MR) is 75.9 cm³/mol. The van der Waals surface area contributed by atoms with Crippen molar-refractivity contribution in [3.8, 4) is 0 Å². The Kier molecular flexibility index (Phi) is 4.37. The molecule has 0 spiro atoms. The van der Waals surface area contributed by atoms with E-state index in [1.165, 1.54) is 0 Å². The van der Waals surface area contributed by atoms with Crippen LogP contribution in [0.3, 0.4) is 0 Å². The Bertz CT molecular complexity index is 682. The lowest BCUT2D eigenvalue weighted by Gasteiger charge is -2.25. The van der Waals surface area contributed by atoms with Crippen LogP contribution < -0.4 is 10.0 Å². The van der Waals surface area contributed by atoms with Gasteiger partial charge in [0.1, 0.15) is 0 Å². The van der Waals surface area contributed by atoms with Gasteiger partial charge < -0.3 is 5.32 Å². The summed E-state index contributed by atoms with van der Waals surface area (Å²) in [5, 5.41) is 2.38. The van der Waals surface area contributed by atoms with E-state index in [9.17, 15) is 26.4 Å². The van der Waals surface area contributed by atoms with Crippen LogP contribution in [0, 0.1) is 5.92 Å². The molecule has 0 atom stereocenters. The smallest absolute Gasteiger partial charge is 0.324 e. The molecule has 2 N–H and O–H groups in total. The zero-order valence-corrected chi connectivity index (χ0v) is 12.5. The van der Waals surface area contributed by atoms with Crippen molar-refractivity contribution >= 4 is 27.3 Å². The molecule has 0 radical (unpaired) electrons. The summed E-state index contributed by atoms with van der Waals surface area (Å²) in [6, 6.07) is 2.47. The number of anilines is 2. The van der Waals surface area contributed by atoms with E-state index in [-0.39, 0.29) is 17.3 Å². The maximum absolute atomic E-state index is 12.8. The zero-order valence-electron chi connectivity index (χ0n) is 11.7. The summed E-state index contributed by atoms with van der Waals surface area (Å²) in [5.41, 5.74) is -1.25. The van der Waals surface area contributed by atoms with Gasteiger partial charge >= 0.3 is 6.18 Å². The van der Waals surface area contributed by atoms with Crippen molar-refractivity contribution in [3.63, 3.8) is 0 Å². The van der Waals surface area contributed by atoms with Gasteiger partial charge in [-0.15, -0.1) is 0 Å². The number of hydrogen-bond acceptors (Lipinski definition) is 3. The van der Waals surface area contributed by atoms with Crippen molar-refractivity contribution in [2.75, 3.05) is 16.3 Å². The number of nitrogens with one attached hydrogen (secondary N) is 2. The fourth-order valence-electron chi connectivity index (χ4n) is 2.02. The molecule has 5 nitrogen and oxygen atoms in total. The van der Waals surface area contributed by atoms with E-state index in [4.69, 9.17) is 0 Å². The Morgan fingerprint density at radius 1 is 1.23 bits per heavy atom. The molecule has 1 aliphatic rings. The van der Waals surface area contributed by atoms with Gasteiger partial charge in [0.2, 0.25) is 15.9 Å². The number of amides is 1. The number of benzene rings is 1. The highest BCUT2D eigenvalue weighted by Gasteiger charge is 2.32. The molecule has 22 heavy (non-hydrogen) atoms. The van der Waals surface area contributed by atoms with Crippen LogP contribution in [0.25, 0.3) is 0 Å². The Hall–Kier alpha value is -1.77. The van der Waals surface area contributed by atoms with E-state index in [0.717, 1.165) is 30.9 Å². The summed E-state index contributed by atoms with van der Waals surface area (Å²) in [6.45, 7) is 0. The number of halogens is 3. The van der Waals surface area contributed by atoms with Crippen molar-refractivity contribution in [1.29, 1.82) is 0 Å². The highest BCUT2D eigenvalue weighted by molar-refractivity contribution is 7.92. The molecule has 1 aromatic rings. The van der Waals surface area contributed by atoms with Gasteiger partial charge in [-0.3, -0.25) is 9.52 Å². The minimum Gasteiger partial charge on any atom is -0.324 e. The standard InChI is InChI=1S/C13H15F3N2O3S/c1-22(20,21)18-10-6-5-9(13(14,15)16)7-11(10)17-12(19)8-3-2-4-8/h5-8,18H,2-4H2,1H3,(H,17,19). The highest BCUT2D eigenvalue weighted by Crippen LogP contribution is 2.35. The number of hydrogen-bond donors (Lipinski definition) is 2. The molecule has 1 aromatic carbocycles. The fourth-order valence-corrected chi connectivity index (χ4v) is 2.60. The summed E-state index contributed by atoms with van der Waals surface area (Å²) in [5.74, 6) is -0.636. The van der Waals surface area contributed by atoms with Crippen LogP contribution in [0.5, 0.6) is 0 Å². The second-order valence-corrected chi connectivity index (χ2v) is 7.00. The van der Waals surface area contributed by atoms with E-state index >= 15 is 0 Å². The summed E-state index contributed by atoms with van der Waals surface area (Å²) in [6.07, 6.45) is -1.45. The van der Waals surface area contributed by atoms with Crippen LogP contribution in [0.1, 0.15) is 24.8 Å². The first-order chi connectivity index (χ1) is 10.1. The van der Waals surface area contributed by atoms with Crippen LogP contribution in [0.2, 0.25) is 0 Å². The molecule has 1 amide bonds. The average molecular weight is 336 g/mol. The molecule has 1 fully saturated rings. The molecular formula is C13H15F3N2O3S. The minimum absolute atomic E-state index is 0.0943. The Labute approximate surface area is 125 Å². The molecule has 2 rings (SSSR count). The molecule has 1 aliphatic carbocycles. The van der Waals surface area contributed by atoms with Gasteiger partial charge in [-0.2, -0.15) is 13.2 Å². The normalized spacial score (nSPS) is 16.0. The van der Waals surface area contributed by atoms with Crippen LogP contribution >= 0.6 is 0 Å². The molecule has 0 saturated heterocycles. The van der Waals surface area contributed by atoms with Gasteiger partial charge in [-0.1, -0.05) is 6.42 Å². The quantitative estimate of drug-likeness (QED) is 0.888. The van der Waals surface area contributed by atoms with E-state index in [2.05, 4.69) is 10.0 Å². The van der Waals surface area contributed by atoms with Gasteiger partial charge in [0.15, 0.2) is 0 Å². The van der Waals surface area contributed by atoms with Crippen LogP contribution in [0.15, 0.2) is 18.2 Å². The summed E-state index contributed by atoms with van der Waals surface area (Å²) in [7, 11) is -3.68. The van der Waals surface area contributed by atoms with Crippen LogP contribution in [-0.4, -0.2) is 20.6 Å². The molecular weight excluding hydrogens is 321 g/mol. The lowest BCUT2D eigenvalue weighted by molar-refractivity contribution is -0.137. The van der Waals surface area contributed by atoms with Crippen molar-refractivity contribution in [2.24, 2.45) is 5.92 Å². The van der Waals surface area contributed by atoms with Crippen LogP contribution in [-0.2, 0) is 21.0 Å². The Morgan fingerprint density at radius 2 is 1.86 bits per heavy atom. The monoisotopic (exact) mass is 336 g/mol. The molecule has 1 saturated carbocycles.